The first kappa shape index (κ1) is 10.9. The molecular weight excluding hydrogens is 178 g/mol. The third kappa shape index (κ3) is 2.96. The molecular formula is C10H17N3O. The lowest BCUT2D eigenvalue weighted by atomic mass is 10.2. The van der Waals surface area contributed by atoms with E-state index in [9.17, 15) is 0 Å². The number of nitrogens with two attached hydrogens (primary N) is 1. The summed E-state index contributed by atoms with van der Waals surface area (Å²) in [5.41, 5.74) is 6.46. The summed E-state index contributed by atoms with van der Waals surface area (Å²) in [7, 11) is 0. The van der Waals surface area contributed by atoms with Crippen molar-refractivity contribution in [2.24, 2.45) is 5.73 Å². The Morgan fingerprint density at radius 2 is 2.36 bits per heavy atom. The molecule has 2 N–H and O–H groups in total. The molecule has 4 heteroatoms. The van der Waals surface area contributed by atoms with E-state index < -0.39 is 0 Å². The molecule has 1 rings (SSSR count). The molecule has 0 radical (unpaired) electrons. The van der Waals surface area contributed by atoms with Gasteiger partial charge in [0.05, 0.1) is 12.3 Å². The molecule has 1 unspecified atom stereocenters. The van der Waals surface area contributed by atoms with Gasteiger partial charge >= 0.3 is 0 Å². The van der Waals surface area contributed by atoms with Crippen LogP contribution in [-0.4, -0.2) is 16.3 Å². The predicted molar refractivity (Wildman–Crippen MR) is 54.9 cm³/mol. The molecule has 0 bridgehead atoms. The van der Waals surface area contributed by atoms with Crippen LogP contribution in [0.5, 0.6) is 5.88 Å². The molecule has 0 spiro atoms. The lowest BCUT2D eigenvalue weighted by Gasteiger charge is -2.14. The smallest absolute Gasteiger partial charge is 0.238 e. The number of hydrogen-bond donors (Lipinski definition) is 1. The maximum atomic E-state index is 5.62. The Hall–Kier alpha value is -1.16. The zero-order valence-corrected chi connectivity index (χ0v) is 8.73. The van der Waals surface area contributed by atoms with Gasteiger partial charge in [-0.1, -0.05) is 13.3 Å². The van der Waals surface area contributed by atoms with Crippen molar-refractivity contribution in [3.63, 3.8) is 0 Å². The Morgan fingerprint density at radius 3 is 3.00 bits per heavy atom. The van der Waals surface area contributed by atoms with Gasteiger partial charge in [0.2, 0.25) is 5.88 Å². The minimum atomic E-state index is 0.169. The molecule has 0 saturated heterocycles. The van der Waals surface area contributed by atoms with Crippen LogP contribution >= 0.6 is 0 Å². The number of aromatic nitrogens is 2. The summed E-state index contributed by atoms with van der Waals surface area (Å²) in [4.78, 5) is 0. The lowest BCUT2D eigenvalue weighted by molar-refractivity contribution is 0.197. The van der Waals surface area contributed by atoms with Crippen molar-refractivity contribution < 1.29 is 4.74 Å². The standard InChI is InChI=1S/C10H17N3O/c1-3-4-8(2)14-10-9(7-11)5-6-12-13-10/h5-6,8H,3-4,7,11H2,1-2H3. The summed E-state index contributed by atoms with van der Waals surface area (Å²) in [5.74, 6) is 0.566. The molecule has 4 nitrogen and oxygen atoms in total. The summed E-state index contributed by atoms with van der Waals surface area (Å²) >= 11 is 0. The average Bonchev–Trinajstić information content (AvgIpc) is 2.19. The Balaban J connectivity index is 2.65. The molecule has 14 heavy (non-hydrogen) atoms. The van der Waals surface area contributed by atoms with Gasteiger partial charge in [-0.3, -0.25) is 0 Å². The molecule has 0 aliphatic heterocycles. The highest BCUT2D eigenvalue weighted by Gasteiger charge is 2.07. The van der Waals surface area contributed by atoms with Crippen LogP contribution in [0.3, 0.4) is 0 Å². The molecule has 0 amide bonds. The van der Waals surface area contributed by atoms with Gasteiger partial charge in [0.25, 0.3) is 0 Å². The monoisotopic (exact) mass is 195 g/mol. The summed E-state index contributed by atoms with van der Waals surface area (Å²) in [6, 6.07) is 1.83. The van der Waals surface area contributed by atoms with E-state index in [4.69, 9.17) is 10.5 Å². The highest BCUT2D eigenvalue weighted by Crippen LogP contribution is 2.15. The van der Waals surface area contributed by atoms with Crippen molar-refractivity contribution in [2.45, 2.75) is 39.3 Å². The topological polar surface area (TPSA) is 61.0 Å². The van der Waals surface area contributed by atoms with Crippen LogP contribution in [0, 0.1) is 0 Å². The van der Waals surface area contributed by atoms with Crippen molar-refractivity contribution in [2.75, 3.05) is 0 Å². The maximum Gasteiger partial charge on any atom is 0.238 e. The molecule has 0 fully saturated rings. The third-order valence-corrected chi connectivity index (χ3v) is 1.99. The van der Waals surface area contributed by atoms with Gasteiger partial charge in [-0.25, -0.2) is 0 Å². The molecule has 1 aromatic heterocycles. The average molecular weight is 195 g/mol. The molecule has 1 atom stereocenters. The first-order chi connectivity index (χ1) is 6.77. The maximum absolute atomic E-state index is 5.62. The van der Waals surface area contributed by atoms with Gasteiger partial charge in [0.1, 0.15) is 0 Å². The Bertz CT molecular complexity index is 278. The number of rotatable bonds is 5. The van der Waals surface area contributed by atoms with E-state index in [0.29, 0.717) is 12.4 Å². The van der Waals surface area contributed by atoms with Crippen LogP contribution in [-0.2, 0) is 6.54 Å². The van der Waals surface area contributed by atoms with Gasteiger partial charge in [0.15, 0.2) is 0 Å². The molecule has 0 aromatic carbocycles. The van der Waals surface area contributed by atoms with Crippen molar-refractivity contribution >= 4 is 0 Å². The van der Waals surface area contributed by atoms with Crippen LogP contribution < -0.4 is 10.5 Å². The fraction of sp³-hybridized carbons (Fsp3) is 0.600. The van der Waals surface area contributed by atoms with Gasteiger partial charge in [-0.05, 0) is 19.4 Å². The number of nitrogens with zero attached hydrogens (tertiary/aromatic N) is 2. The molecule has 0 aliphatic carbocycles. The van der Waals surface area contributed by atoms with E-state index in [1.165, 1.54) is 0 Å². The SMILES string of the molecule is CCCC(C)Oc1nnccc1CN. The number of hydrogen-bond acceptors (Lipinski definition) is 4. The van der Waals surface area contributed by atoms with E-state index in [0.717, 1.165) is 18.4 Å². The second kappa shape index (κ2) is 5.54. The summed E-state index contributed by atoms with van der Waals surface area (Å²) in [5, 5.41) is 7.70. The molecule has 0 aliphatic rings. The van der Waals surface area contributed by atoms with E-state index in [2.05, 4.69) is 17.1 Å². The van der Waals surface area contributed by atoms with Gasteiger partial charge < -0.3 is 10.5 Å². The van der Waals surface area contributed by atoms with Crippen molar-refractivity contribution in [3.8, 4) is 5.88 Å². The largest absolute Gasteiger partial charge is 0.473 e. The van der Waals surface area contributed by atoms with Gasteiger partial charge in [-0.2, -0.15) is 5.10 Å². The van der Waals surface area contributed by atoms with Gasteiger partial charge in [0, 0.05) is 12.1 Å². The van der Waals surface area contributed by atoms with Crippen LogP contribution in [0.25, 0.3) is 0 Å². The second-order valence-electron chi connectivity index (χ2n) is 3.28. The van der Waals surface area contributed by atoms with Crippen molar-refractivity contribution in [3.05, 3.63) is 17.8 Å². The summed E-state index contributed by atoms with van der Waals surface area (Å²) in [6.45, 7) is 4.59. The van der Waals surface area contributed by atoms with E-state index in [1.807, 2.05) is 13.0 Å². The molecule has 78 valence electrons. The fourth-order valence-corrected chi connectivity index (χ4v) is 1.26. The van der Waals surface area contributed by atoms with Gasteiger partial charge in [-0.15, -0.1) is 5.10 Å². The highest BCUT2D eigenvalue weighted by molar-refractivity contribution is 5.22. The summed E-state index contributed by atoms with van der Waals surface area (Å²) < 4.78 is 5.62. The first-order valence-electron chi connectivity index (χ1n) is 4.95. The fourth-order valence-electron chi connectivity index (χ4n) is 1.26. The predicted octanol–water partition coefficient (Wildman–Crippen LogP) is 1.50. The first-order valence-corrected chi connectivity index (χ1v) is 4.95. The Kier molecular flexibility index (Phi) is 4.32. The summed E-state index contributed by atoms with van der Waals surface area (Å²) in [6.07, 6.45) is 3.90. The van der Waals surface area contributed by atoms with Crippen LogP contribution in [0.1, 0.15) is 32.3 Å². The third-order valence-electron chi connectivity index (χ3n) is 1.99. The number of ether oxygens (including phenoxy) is 1. The second-order valence-corrected chi connectivity index (χ2v) is 3.28. The molecule has 1 aromatic rings. The molecule has 1 heterocycles. The van der Waals surface area contributed by atoms with Crippen LogP contribution in [0.4, 0.5) is 0 Å². The highest BCUT2D eigenvalue weighted by atomic mass is 16.5. The van der Waals surface area contributed by atoms with Crippen molar-refractivity contribution in [1.29, 1.82) is 0 Å². The normalized spacial score (nSPS) is 12.5. The Morgan fingerprint density at radius 1 is 1.57 bits per heavy atom. The quantitative estimate of drug-likeness (QED) is 0.773. The van der Waals surface area contributed by atoms with Crippen molar-refractivity contribution in [1.82, 2.24) is 10.2 Å². The zero-order valence-electron chi connectivity index (χ0n) is 8.73. The van der Waals surface area contributed by atoms with Crippen LogP contribution in [0.2, 0.25) is 0 Å². The Labute approximate surface area is 84.5 Å². The van der Waals surface area contributed by atoms with E-state index in [-0.39, 0.29) is 6.10 Å². The minimum Gasteiger partial charge on any atom is -0.473 e. The van der Waals surface area contributed by atoms with E-state index >= 15 is 0 Å². The van der Waals surface area contributed by atoms with Crippen LogP contribution in [0.15, 0.2) is 12.3 Å². The van der Waals surface area contributed by atoms with E-state index in [1.54, 1.807) is 6.20 Å². The minimum absolute atomic E-state index is 0.169. The zero-order chi connectivity index (χ0) is 10.4. The lowest BCUT2D eigenvalue weighted by Crippen LogP contribution is -2.14. The molecule has 0 saturated carbocycles.